The lowest BCUT2D eigenvalue weighted by molar-refractivity contribution is -0.144. The Bertz CT molecular complexity index is 895. The number of primary amides is 1. The van der Waals surface area contributed by atoms with Gasteiger partial charge in [0.2, 0.25) is 23.6 Å². The van der Waals surface area contributed by atoms with Gasteiger partial charge in [-0.3, -0.25) is 19.2 Å². The summed E-state index contributed by atoms with van der Waals surface area (Å²) in [7, 11) is 0. The van der Waals surface area contributed by atoms with E-state index in [1.165, 1.54) is 4.90 Å². The van der Waals surface area contributed by atoms with Crippen molar-refractivity contribution in [3.63, 3.8) is 0 Å². The Balaban J connectivity index is 2.14. The second kappa shape index (κ2) is 12.7. The number of carboxylic acids is 1. The highest BCUT2D eigenvalue weighted by Gasteiger charge is 2.38. The lowest BCUT2D eigenvalue weighted by atomic mass is 10.0. The first-order chi connectivity index (χ1) is 16.1. The minimum absolute atomic E-state index is 0.0514. The maximum Gasteiger partial charge on any atom is 0.328 e. The number of hydrogen-bond donors (Lipinski definition) is 6. The number of hydrogen-bond acceptors (Lipinski definition) is 7. The first-order valence-electron chi connectivity index (χ1n) is 11.0. The van der Waals surface area contributed by atoms with E-state index < -0.39 is 60.4 Å². The zero-order chi connectivity index (χ0) is 25.3. The van der Waals surface area contributed by atoms with Crippen molar-refractivity contribution in [1.82, 2.24) is 15.5 Å². The molecule has 0 spiro atoms. The second-order valence-electron chi connectivity index (χ2n) is 8.13. The molecule has 4 atom stereocenters. The van der Waals surface area contributed by atoms with Crippen LogP contribution < -0.4 is 22.1 Å². The molecule has 0 aliphatic carbocycles. The van der Waals surface area contributed by atoms with Crippen molar-refractivity contribution in [1.29, 1.82) is 0 Å². The first kappa shape index (κ1) is 26.7. The highest BCUT2D eigenvalue weighted by atomic mass is 16.4. The Labute approximate surface area is 196 Å². The zero-order valence-corrected chi connectivity index (χ0v) is 18.7. The monoisotopic (exact) mass is 477 g/mol. The number of carbonyl (C=O) groups is 5. The molecule has 0 bridgehead atoms. The highest BCUT2D eigenvalue weighted by Crippen LogP contribution is 2.19. The molecule has 1 aromatic rings. The molecule has 1 aliphatic rings. The van der Waals surface area contributed by atoms with Crippen LogP contribution in [0.15, 0.2) is 30.3 Å². The number of carboxylic acid groups (broad SMARTS) is 1. The molecular weight excluding hydrogens is 446 g/mol. The van der Waals surface area contributed by atoms with Crippen LogP contribution in [0.25, 0.3) is 0 Å². The fourth-order valence-corrected chi connectivity index (χ4v) is 3.72. The number of aliphatic hydroxyl groups is 1. The van der Waals surface area contributed by atoms with Gasteiger partial charge in [-0.15, -0.1) is 0 Å². The van der Waals surface area contributed by atoms with E-state index in [9.17, 15) is 29.1 Å². The van der Waals surface area contributed by atoms with E-state index in [-0.39, 0.29) is 19.3 Å². The van der Waals surface area contributed by atoms with Crippen LogP contribution in [0.1, 0.15) is 31.2 Å². The van der Waals surface area contributed by atoms with Gasteiger partial charge in [0.05, 0.1) is 12.6 Å². The predicted octanol–water partition coefficient (Wildman–Crippen LogP) is -2.14. The predicted molar refractivity (Wildman–Crippen MR) is 120 cm³/mol. The SMILES string of the molecule is NC(=O)CCC(N)C(=O)N1CCCC1C(=O)NC(Cc1ccccc1)C(=O)NC(CO)C(=O)O. The van der Waals surface area contributed by atoms with Crippen LogP contribution in [0, 0.1) is 0 Å². The number of aliphatic carboxylic acids is 1. The van der Waals surface area contributed by atoms with Gasteiger partial charge in [0, 0.05) is 19.4 Å². The molecule has 34 heavy (non-hydrogen) atoms. The summed E-state index contributed by atoms with van der Waals surface area (Å²) in [5.41, 5.74) is 11.7. The third kappa shape index (κ3) is 7.52. The van der Waals surface area contributed by atoms with Crippen molar-refractivity contribution >= 4 is 29.6 Å². The van der Waals surface area contributed by atoms with Gasteiger partial charge < -0.3 is 37.2 Å². The molecule has 4 amide bonds. The molecule has 186 valence electrons. The maximum atomic E-state index is 13.1. The molecule has 4 unspecified atom stereocenters. The summed E-state index contributed by atoms with van der Waals surface area (Å²) in [5, 5.41) is 23.2. The van der Waals surface area contributed by atoms with Crippen LogP contribution in [-0.2, 0) is 30.4 Å². The Kier molecular flexibility index (Phi) is 9.95. The minimum atomic E-state index is -1.53. The normalized spacial score (nSPS) is 17.9. The molecule has 12 heteroatoms. The largest absolute Gasteiger partial charge is 0.480 e. The summed E-state index contributed by atoms with van der Waals surface area (Å²) >= 11 is 0. The number of aliphatic hydroxyl groups excluding tert-OH is 1. The Morgan fingerprint density at radius 2 is 1.76 bits per heavy atom. The van der Waals surface area contributed by atoms with E-state index in [4.69, 9.17) is 16.6 Å². The number of nitrogens with zero attached hydrogens (tertiary/aromatic N) is 1. The fourth-order valence-electron chi connectivity index (χ4n) is 3.72. The smallest absolute Gasteiger partial charge is 0.328 e. The van der Waals surface area contributed by atoms with E-state index in [0.717, 1.165) is 0 Å². The van der Waals surface area contributed by atoms with E-state index in [2.05, 4.69) is 10.6 Å². The van der Waals surface area contributed by atoms with Gasteiger partial charge in [0.1, 0.15) is 18.1 Å². The van der Waals surface area contributed by atoms with Crippen molar-refractivity contribution in [2.45, 2.75) is 56.3 Å². The summed E-state index contributed by atoms with van der Waals surface area (Å²) in [6.45, 7) is -0.524. The van der Waals surface area contributed by atoms with E-state index >= 15 is 0 Å². The van der Waals surface area contributed by atoms with Gasteiger partial charge in [-0.05, 0) is 24.8 Å². The number of nitrogens with one attached hydrogen (secondary N) is 2. The number of amides is 4. The van der Waals surface area contributed by atoms with Crippen molar-refractivity contribution < 1.29 is 34.2 Å². The summed E-state index contributed by atoms with van der Waals surface area (Å²) in [4.78, 5) is 62.1. The zero-order valence-electron chi connectivity index (χ0n) is 18.7. The van der Waals surface area contributed by atoms with Gasteiger partial charge in [-0.1, -0.05) is 30.3 Å². The Hall–Kier alpha value is -3.51. The lowest BCUT2D eigenvalue weighted by Crippen LogP contribution is -2.57. The molecular formula is C22H31N5O7. The topological polar surface area (TPSA) is 205 Å². The molecule has 1 aliphatic heterocycles. The van der Waals surface area contributed by atoms with E-state index in [0.29, 0.717) is 24.9 Å². The van der Waals surface area contributed by atoms with Gasteiger partial charge in [-0.2, -0.15) is 0 Å². The molecule has 1 heterocycles. The Morgan fingerprint density at radius 3 is 2.35 bits per heavy atom. The molecule has 1 saturated heterocycles. The van der Waals surface area contributed by atoms with Gasteiger partial charge in [-0.25, -0.2) is 4.79 Å². The lowest BCUT2D eigenvalue weighted by Gasteiger charge is -2.28. The quantitative estimate of drug-likeness (QED) is 0.195. The summed E-state index contributed by atoms with van der Waals surface area (Å²) in [6, 6.07) is 4.24. The van der Waals surface area contributed by atoms with E-state index in [1.807, 2.05) is 0 Å². The van der Waals surface area contributed by atoms with Gasteiger partial charge >= 0.3 is 5.97 Å². The minimum Gasteiger partial charge on any atom is -0.480 e. The summed E-state index contributed by atoms with van der Waals surface area (Å²) < 4.78 is 0. The standard InChI is InChI=1S/C22H31N5O7/c23-14(8-9-18(24)29)21(32)27-10-4-7-17(27)20(31)25-15(11-13-5-2-1-3-6-13)19(30)26-16(12-28)22(33)34/h1-3,5-6,14-17,28H,4,7-12,23H2,(H2,24,29)(H,25,31)(H,26,30)(H,33,34). The van der Waals surface area contributed by atoms with Gasteiger partial charge in [0.25, 0.3) is 0 Å². The van der Waals surface area contributed by atoms with E-state index in [1.54, 1.807) is 30.3 Å². The molecule has 0 radical (unpaired) electrons. The number of rotatable bonds is 12. The van der Waals surface area contributed by atoms with Crippen LogP contribution in [0.2, 0.25) is 0 Å². The maximum absolute atomic E-state index is 13.1. The van der Waals surface area contributed by atoms with Crippen molar-refractivity contribution in [2.75, 3.05) is 13.2 Å². The van der Waals surface area contributed by atoms with Crippen molar-refractivity contribution in [3.8, 4) is 0 Å². The highest BCUT2D eigenvalue weighted by molar-refractivity contribution is 5.94. The van der Waals surface area contributed by atoms with Crippen LogP contribution in [0.3, 0.4) is 0 Å². The average molecular weight is 478 g/mol. The molecule has 2 rings (SSSR count). The third-order valence-electron chi connectivity index (χ3n) is 5.57. The summed E-state index contributed by atoms with van der Waals surface area (Å²) in [6.07, 6.45) is 0.957. The van der Waals surface area contributed by atoms with Crippen molar-refractivity contribution in [2.24, 2.45) is 11.5 Å². The third-order valence-corrected chi connectivity index (χ3v) is 5.57. The van der Waals surface area contributed by atoms with Gasteiger partial charge in [0.15, 0.2) is 0 Å². The van der Waals surface area contributed by atoms with Crippen LogP contribution in [0.4, 0.5) is 0 Å². The number of nitrogens with two attached hydrogens (primary N) is 2. The van der Waals surface area contributed by atoms with Crippen LogP contribution >= 0.6 is 0 Å². The first-order valence-corrected chi connectivity index (χ1v) is 11.0. The van der Waals surface area contributed by atoms with Crippen LogP contribution in [-0.4, -0.2) is 82.0 Å². The molecule has 8 N–H and O–H groups in total. The van der Waals surface area contributed by atoms with Crippen molar-refractivity contribution in [3.05, 3.63) is 35.9 Å². The Morgan fingerprint density at radius 1 is 1.09 bits per heavy atom. The van der Waals surface area contributed by atoms with Crippen LogP contribution in [0.5, 0.6) is 0 Å². The second-order valence-corrected chi connectivity index (χ2v) is 8.13. The molecule has 1 aromatic carbocycles. The molecule has 1 fully saturated rings. The fraction of sp³-hybridized carbons (Fsp3) is 0.500. The summed E-state index contributed by atoms with van der Waals surface area (Å²) in [5.74, 6) is -3.86. The molecule has 0 aromatic heterocycles. The molecule has 12 nitrogen and oxygen atoms in total. The number of likely N-dealkylation sites (tertiary alicyclic amines) is 1. The molecule has 0 saturated carbocycles. The number of carbonyl (C=O) groups excluding carboxylic acids is 4. The number of benzene rings is 1. The average Bonchev–Trinajstić information content (AvgIpc) is 3.30.